The fraction of sp³-hybridized carbons (Fsp3) is 0.188. The molecule has 2 aromatic rings. The van der Waals surface area contributed by atoms with E-state index in [0.717, 1.165) is 5.56 Å². The molecule has 0 bridgehead atoms. The summed E-state index contributed by atoms with van der Waals surface area (Å²) in [5.74, 6) is -0.940. The molecule has 1 atom stereocenters. The van der Waals surface area contributed by atoms with Crippen molar-refractivity contribution in [2.75, 3.05) is 0 Å². The van der Waals surface area contributed by atoms with Gasteiger partial charge in [0.25, 0.3) is 0 Å². The first-order valence-corrected chi connectivity index (χ1v) is 6.97. The standard InChI is InChI=1S/C16H14BrFO/c1-2-13(11-6-4-3-5-7-11)16(19)14-9-8-12(17)10-15(14)18/h3-10,13H,2H2,1H3. The fourth-order valence-electron chi connectivity index (χ4n) is 2.13. The van der Waals surface area contributed by atoms with Gasteiger partial charge in [0.2, 0.25) is 0 Å². The number of halogens is 2. The van der Waals surface area contributed by atoms with Crippen LogP contribution >= 0.6 is 15.9 Å². The van der Waals surface area contributed by atoms with Crippen LogP contribution in [-0.4, -0.2) is 5.78 Å². The van der Waals surface area contributed by atoms with Crippen molar-refractivity contribution in [3.05, 3.63) is 69.9 Å². The second kappa shape index (κ2) is 6.11. The number of hydrogen-bond donors (Lipinski definition) is 0. The van der Waals surface area contributed by atoms with Crippen molar-refractivity contribution in [1.29, 1.82) is 0 Å². The number of hydrogen-bond acceptors (Lipinski definition) is 1. The maximum absolute atomic E-state index is 13.9. The number of carbonyl (C=O) groups excluding carboxylic acids is 1. The van der Waals surface area contributed by atoms with Crippen LogP contribution in [0.5, 0.6) is 0 Å². The van der Waals surface area contributed by atoms with E-state index in [2.05, 4.69) is 15.9 Å². The van der Waals surface area contributed by atoms with E-state index in [-0.39, 0.29) is 17.3 Å². The van der Waals surface area contributed by atoms with Crippen LogP contribution < -0.4 is 0 Å². The molecule has 0 radical (unpaired) electrons. The lowest BCUT2D eigenvalue weighted by atomic mass is 9.88. The van der Waals surface area contributed by atoms with Crippen molar-refractivity contribution in [2.45, 2.75) is 19.3 Å². The van der Waals surface area contributed by atoms with Gasteiger partial charge in [-0.25, -0.2) is 4.39 Å². The molecule has 0 saturated carbocycles. The molecule has 0 spiro atoms. The van der Waals surface area contributed by atoms with Gasteiger partial charge in [0.1, 0.15) is 5.82 Å². The van der Waals surface area contributed by atoms with Crippen LogP contribution in [0.4, 0.5) is 4.39 Å². The van der Waals surface area contributed by atoms with Gasteiger partial charge in [0.15, 0.2) is 5.78 Å². The van der Waals surface area contributed by atoms with Gasteiger partial charge in [0.05, 0.1) is 5.56 Å². The summed E-state index contributed by atoms with van der Waals surface area (Å²) in [6.07, 6.45) is 0.651. The molecule has 0 fully saturated rings. The Bertz CT molecular complexity index is 581. The molecule has 2 rings (SSSR count). The number of rotatable bonds is 4. The molecule has 0 aliphatic rings. The van der Waals surface area contributed by atoms with Crippen LogP contribution in [0.1, 0.15) is 35.2 Å². The van der Waals surface area contributed by atoms with Gasteiger partial charge in [-0.05, 0) is 30.2 Å². The first-order chi connectivity index (χ1) is 9.13. The molecule has 1 unspecified atom stereocenters. The highest BCUT2D eigenvalue weighted by Crippen LogP contribution is 2.26. The number of ketones is 1. The maximum Gasteiger partial charge on any atom is 0.173 e. The molecule has 0 amide bonds. The van der Waals surface area contributed by atoms with Gasteiger partial charge in [-0.2, -0.15) is 0 Å². The zero-order valence-electron chi connectivity index (χ0n) is 10.6. The van der Waals surface area contributed by atoms with E-state index in [1.807, 2.05) is 37.3 Å². The van der Waals surface area contributed by atoms with Crippen molar-refractivity contribution in [1.82, 2.24) is 0 Å². The third-order valence-corrected chi connectivity index (χ3v) is 3.62. The Balaban J connectivity index is 2.36. The number of benzene rings is 2. The highest BCUT2D eigenvalue weighted by Gasteiger charge is 2.22. The lowest BCUT2D eigenvalue weighted by Gasteiger charge is -2.14. The predicted molar refractivity (Wildman–Crippen MR) is 77.9 cm³/mol. The van der Waals surface area contributed by atoms with Gasteiger partial charge < -0.3 is 0 Å². The van der Waals surface area contributed by atoms with Crippen molar-refractivity contribution < 1.29 is 9.18 Å². The summed E-state index contributed by atoms with van der Waals surface area (Å²) >= 11 is 3.19. The molecular formula is C16H14BrFO. The SMILES string of the molecule is CCC(C(=O)c1ccc(Br)cc1F)c1ccccc1. The lowest BCUT2D eigenvalue weighted by Crippen LogP contribution is -2.13. The molecule has 0 N–H and O–H groups in total. The molecule has 19 heavy (non-hydrogen) atoms. The topological polar surface area (TPSA) is 17.1 Å². The summed E-state index contributed by atoms with van der Waals surface area (Å²) in [7, 11) is 0. The van der Waals surface area contributed by atoms with Gasteiger partial charge in [-0.1, -0.05) is 53.2 Å². The normalized spacial score (nSPS) is 12.2. The fourth-order valence-corrected chi connectivity index (χ4v) is 2.47. The third kappa shape index (κ3) is 3.10. The highest BCUT2D eigenvalue weighted by molar-refractivity contribution is 9.10. The summed E-state index contributed by atoms with van der Waals surface area (Å²) in [6.45, 7) is 1.94. The van der Waals surface area contributed by atoms with Gasteiger partial charge in [-0.3, -0.25) is 4.79 Å². The van der Waals surface area contributed by atoms with E-state index < -0.39 is 5.82 Å². The van der Waals surface area contributed by atoms with Crippen molar-refractivity contribution in [3.8, 4) is 0 Å². The smallest absolute Gasteiger partial charge is 0.173 e. The van der Waals surface area contributed by atoms with Crippen LogP contribution in [0.25, 0.3) is 0 Å². The Hall–Kier alpha value is -1.48. The Kier molecular flexibility index (Phi) is 4.48. The van der Waals surface area contributed by atoms with Gasteiger partial charge in [-0.15, -0.1) is 0 Å². The summed E-state index contributed by atoms with van der Waals surface area (Å²) < 4.78 is 14.5. The van der Waals surface area contributed by atoms with E-state index in [1.54, 1.807) is 6.07 Å². The average Bonchev–Trinajstić information content (AvgIpc) is 2.40. The maximum atomic E-state index is 13.9. The van der Waals surface area contributed by atoms with E-state index in [4.69, 9.17) is 0 Å². The minimum atomic E-state index is -0.478. The first kappa shape index (κ1) is 13.9. The van der Waals surface area contributed by atoms with E-state index >= 15 is 0 Å². The van der Waals surface area contributed by atoms with Crippen LogP contribution in [0.15, 0.2) is 53.0 Å². The van der Waals surface area contributed by atoms with E-state index in [9.17, 15) is 9.18 Å². The zero-order chi connectivity index (χ0) is 13.8. The molecule has 0 aliphatic heterocycles. The number of carbonyl (C=O) groups is 1. The molecular weight excluding hydrogens is 307 g/mol. The Morgan fingerprint density at radius 3 is 2.47 bits per heavy atom. The van der Waals surface area contributed by atoms with Crippen LogP contribution in [0.3, 0.4) is 0 Å². The zero-order valence-corrected chi connectivity index (χ0v) is 12.2. The highest BCUT2D eigenvalue weighted by atomic mass is 79.9. The Morgan fingerprint density at radius 1 is 1.21 bits per heavy atom. The summed E-state index contributed by atoms with van der Waals surface area (Å²) in [6, 6.07) is 14.0. The summed E-state index contributed by atoms with van der Waals surface area (Å²) in [4.78, 5) is 12.5. The van der Waals surface area contributed by atoms with Crippen LogP contribution in [0, 0.1) is 5.82 Å². The van der Waals surface area contributed by atoms with Crippen LogP contribution in [0.2, 0.25) is 0 Å². The lowest BCUT2D eigenvalue weighted by molar-refractivity contribution is 0.0953. The molecule has 1 nitrogen and oxygen atoms in total. The molecule has 0 aromatic heterocycles. The van der Waals surface area contributed by atoms with Crippen molar-refractivity contribution in [2.24, 2.45) is 0 Å². The quantitative estimate of drug-likeness (QED) is 0.727. The van der Waals surface area contributed by atoms with E-state index in [0.29, 0.717) is 10.9 Å². The predicted octanol–water partition coefficient (Wildman–Crippen LogP) is 4.96. The molecule has 3 heteroatoms. The van der Waals surface area contributed by atoms with E-state index in [1.165, 1.54) is 12.1 Å². The van der Waals surface area contributed by atoms with Gasteiger partial charge in [0, 0.05) is 10.4 Å². The van der Waals surface area contributed by atoms with Crippen molar-refractivity contribution in [3.63, 3.8) is 0 Å². The average molecular weight is 321 g/mol. The largest absolute Gasteiger partial charge is 0.293 e. The molecule has 98 valence electrons. The Labute approximate surface area is 120 Å². The second-order valence-corrected chi connectivity index (χ2v) is 5.28. The minimum absolute atomic E-state index is 0.152. The summed E-state index contributed by atoms with van der Waals surface area (Å²) in [5.41, 5.74) is 1.08. The summed E-state index contributed by atoms with van der Waals surface area (Å²) in [5, 5.41) is 0. The first-order valence-electron chi connectivity index (χ1n) is 6.17. The molecule has 2 aromatic carbocycles. The van der Waals surface area contributed by atoms with Gasteiger partial charge >= 0.3 is 0 Å². The monoisotopic (exact) mass is 320 g/mol. The third-order valence-electron chi connectivity index (χ3n) is 3.12. The van der Waals surface area contributed by atoms with Crippen LogP contribution in [-0.2, 0) is 0 Å². The van der Waals surface area contributed by atoms with Crippen molar-refractivity contribution >= 4 is 21.7 Å². The second-order valence-electron chi connectivity index (χ2n) is 4.36. The molecule has 0 heterocycles. The molecule has 0 aliphatic carbocycles. The minimum Gasteiger partial charge on any atom is -0.293 e. The Morgan fingerprint density at radius 2 is 1.89 bits per heavy atom. The molecule has 0 saturated heterocycles. The number of Topliss-reactive ketones (excluding diaryl/α,β-unsaturated/α-hetero) is 1.